The Bertz CT molecular complexity index is 791. The highest BCUT2D eigenvalue weighted by molar-refractivity contribution is 5.94. The zero-order valence-corrected chi connectivity index (χ0v) is 24.4. The van der Waals surface area contributed by atoms with Crippen molar-refractivity contribution in [2.75, 3.05) is 6.61 Å². The summed E-state index contributed by atoms with van der Waals surface area (Å²) in [4.78, 5) is 52.1. The Morgan fingerprint density at radius 1 is 0.821 bits per heavy atom. The van der Waals surface area contributed by atoms with Crippen molar-refractivity contribution in [2.45, 2.75) is 129 Å². The van der Waals surface area contributed by atoms with Crippen LogP contribution in [-0.4, -0.2) is 82.1 Å². The van der Waals surface area contributed by atoms with Gasteiger partial charge in [-0.1, -0.05) is 73.1 Å². The molecule has 0 spiro atoms. The maximum atomic E-state index is 13.1. The molecule has 8 atom stereocenters. The van der Waals surface area contributed by atoms with Crippen molar-refractivity contribution in [1.82, 2.24) is 16.0 Å². The summed E-state index contributed by atoms with van der Waals surface area (Å²) in [7, 11) is 0. The topological polar surface area (TPSA) is 174 Å². The lowest BCUT2D eigenvalue weighted by Gasteiger charge is -2.32. The molecule has 226 valence electrons. The Morgan fingerprint density at radius 3 is 1.90 bits per heavy atom. The molecule has 39 heavy (non-hydrogen) atoms. The number of nitrogens with one attached hydrogen (secondary N) is 3. The minimum atomic E-state index is -1.45. The Morgan fingerprint density at radius 2 is 1.36 bits per heavy atom. The molecule has 0 bridgehead atoms. The predicted octanol–water partition coefficient (Wildman–Crippen LogP) is 1.17. The van der Waals surface area contributed by atoms with Gasteiger partial charge in [0.05, 0.1) is 24.7 Å². The molecule has 0 aromatic rings. The van der Waals surface area contributed by atoms with E-state index >= 15 is 0 Å². The van der Waals surface area contributed by atoms with Gasteiger partial charge in [-0.2, -0.15) is 0 Å². The monoisotopic (exact) mass is 557 g/mol. The van der Waals surface area contributed by atoms with E-state index < -0.39 is 78.6 Å². The summed E-state index contributed by atoms with van der Waals surface area (Å²) in [6, 6.07) is -3.94. The number of hydrogen-bond donors (Lipinski definition) is 6. The lowest BCUT2D eigenvalue weighted by molar-refractivity contribution is -0.160. The van der Waals surface area contributed by atoms with Crippen LogP contribution < -0.4 is 16.0 Å². The first kappa shape index (κ1) is 34.8. The molecule has 0 unspecified atom stereocenters. The van der Waals surface area contributed by atoms with Crippen LogP contribution in [0, 0.1) is 17.8 Å². The fourth-order valence-electron chi connectivity index (χ4n) is 4.70. The molecule has 1 saturated heterocycles. The number of aliphatic hydroxyl groups excluding tert-OH is 3. The number of rotatable bonds is 11. The molecule has 0 aromatic heterocycles. The molecule has 11 heteroatoms. The van der Waals surface area contributed by atoms with Gasteiger partial charge in [0, 0.05) is 5.92 Å². The highest BCUT2D eigenvalue weighted by Crippen LogP contribution is 2.25. The summed E-state index contributed by atoms with van der Waals surface area (Å²) in [6.07, 6.45) is 4.42. The van der Waals surface area contributed by atoms with E-state index in [0.717, 1.165) is 38.5 Å². The molecular weight excluding hydrogens is 506 g/mol. The van der Waals surface area contributed by atoms with Gasteiger partial charge in [0.25, 0.3) is 0 Å². The average Bonchev–Trinajstić information content (AvgIpc) is 2.89. The quantitative estimate of drug-likeness (QED) is 0.162. The SMILES string of the molecule is CCCCCCCCC[C@@H]1OC(=O)[C@@H](CO)NC(=O)[C@@H]([C@@H](C)O)NC(=O)[C@@H](C(C)C)NC(=O)[C@@H](C)[C@@H](O)[C@@H]1C. The number of cyclic esters (lactones) is 1. The third-order valence-corrected chi connectivity index (χ3v) is 7.50. The van der Waals surface area contributed by atoms with Crippen LogP contribution in [0.4, 0.5) is 0 Å². The number of carbonyl (C=O) groups excluding carboxylic acids is 4. The molecule has 0 saturated carbocycles. The highest BCUT2D eigenvalue weighted by Gasteiger charge is 2.39. The van der Waals surface area contributed by atoms with Gasteiger partial charge >= 0.3 is 5.97 Å². The Hall–Kier alpha value is -2.24. The van der Waals surface area contributed by atoms with Crippen LogP contribution in [0.15, 0.2) is 0 Å². The number of unbranched alkanes of at least 4 members (excludes halogenated alkanes) is 6. The summed E-state index contributed by atoms with van der Waals surface area (Å²) in [5.74, 6) is -5.01. The van der Waals surface area contributed by atoms with Crippen LogP contribution in [0.3, 0.4) is 0 Å². The summed E-state index contributed by atoms with van der Waals surface area (Å²) in [6.45, 7) is 9.34. The number of amides is 3. The van der Waals surface area contributed by atoms with E-state index in [2.05, 4.69) is 22.9 Å². The zero-order chi connectivity index (χ0) is 29.7. The third kappa shape index (κ3) is 11.0. The molecule has 3 amide bonds. The van der Waals surface area contributed by atoms with E-state index in [-0.39, 0.29) is 5.92 Å². The van der Waals surface area contributed by atoms with Crippen molar-refractivity contribution >= 4 is 23.7 Å². The van der Waals surface area contributed by atoms with Crippen molar-refractivity contribution in [2.24, 2.45) is 17.8 Å². The van der Waals surface area contributed by atoms with E-state index in [0.29, 0.717) is 6.42 Å². The van der Waals surface area contributed by atoms with Gasteiger partial charge in [-0.05, 0) is 25.7 Å². The lowest BCUT2D eigenvalue weighted by Crippen LogP contribution is -2.60. The van der Waals surface area contributed by atoms with Gasteiger partial charge < -0.3 is 36.0 Å². The number of carbonyl (C=O) groups is 4. The molecule has 1 aliphatic rings. The largest absolute Gasteiger partial charge is 0.460 e. The second-order valence-corrected chi connectivity index (χ2v) is 11.2. The molecule has 1 fully saturated rings. The van der Waals surface area contributed by atoms with E-state index in [9.17, 15) is 34.5 Å². The first-order valence-electron chi connectivity index (χ1n) is 14.4. The molecule has 6 N–H and O–H groups in total. The molecule has 0 aromatic carbocycles. The minimum Gasteiger partial charge on any atom is -0.460 e. The highest BCUT2D eigenvalue weighted by atomic mass is 16.5. The second kappa shape index (κ2) is 17.5. The number of aliphatic hydroxyl groups is 3. The first-order chi connectivity index (χ1) is 18.3. The summed E-state index contributed by atoms with van der Waals surface area (Å²) < 4.78 is 5.71. The Labute approximate surface area is 232 Å². The predicted molar refractivity (Wildman–Crippen MR) is 146 cm³/mol. The fourth-order valence-corrected chi connectivity index (χ4v) is 4.70. The van der Waals surface area contributed by atoms with Gasteiger partial charge in [-0.15, -0.1) is 0 Å². The van der Waals surface area contributed by atoms with Crippen LogP contribution in [0.25, 0.3) is 0 Å². The van der Waals surface area contributed by atoms with E-state index in [1.54, 1.807) is 20.8 Å². The molecule has 0 aliphatic carbocycles. The third-order valence-electron chi connectivity index (χ3n) is 7.50. The van der Waals surface area contributed by atoms with Gasteiger partial charge in [0.15, 0.2) is 6.04 Å². The van der Waals surface area contributed by atoms with Crippen molar-refractivity contribution in [3.63, 3.8) is 0 Å². The van der Waals surface area contributed by atoms with Gasteiger partial charge in [-0.3, -0.25) is 14.4 Å². The van der Waals surface area contributed by atoms with Crippen LogP contribution >= 0.6 is 0 Å². The van der Waals surface area contributed by atoms with Gasteiger partial charge in [0.1, 0.15) is 18.2 Å². The zero-order valence-electron chi connectivity index (χ0n) is 24.4. The van der Waals surface area contributed by atoms with Crippen molar-refractivity contribution in [3.8, 4) is 0 Å². The van der Waals surface area contributed by atoms with Crippen molar-refractivity contribution in [3.05, 3.63) is 0 Å². The summed E-state index contributed by atoms with van der Waals surface area (Å²) in [5.41, 5.74) is 0. The van der Waals surface area contributed by atoms with Crippen LogP contribution in [0.5, 0.6) is 0 Å². The molecule has 1 aliphatic heterocycles. The minimum absolute atomic E-state index is 0.371. The van der Waals surface area contributed by atoms with Crippen LogP contribution in [-0.2, 0) is 23.9 Å². The lowest BCUT2D eigenvalue weighted by atomic mass is 9.86. The average molecular weight is 558 g/mol. The van der Waals surface area contributed by atoms with Gasteiger partial charge in [0.2, 0.25) is 17.7 Å². The second-order valence-electron chi connectivity index (χ2n) is 11.2. The van der Waals surface area contributed by atoms with Crippen molar-refractivity contribution in [1.29, 1.82) is 0 Å². The molecule has 1 rings (SSSR count). The van der Waals surface area contributed by atoms with Crippen LogP contribution in [0.1, 0.15) is 92.9 Å². The van der Waals surface area contributed by atoms with Crippen molar-refractivity contribution < 1.29 is 39.2 Å². The van der Waals surface area contributed by atoms with E-state index in [4.69, 9.17) is 4.74 Å². The molecular formula is C28H51N3O8. The van der Waals surface area contributed by atoms with Gasteiger partial charge in [-0.25, -0.2) is 4.79 Å². The maximum Gasteiger partial charge on any atom is 0.331 e. The van der Waals surface area contributed by atoms with Crippen LogP contribution in [0.2, 0.25) is 0 Å². The molecule has 0 radical (unpaired) electrons. The Balaban J connectivity index is 3.27. The Kier molecular flexibility index (Phi) is 15.6. The van der Waals surface area contributed by atoms with E-state index in [1.807, 2.05) is 0 Å². The summed E-state index contributed by atoms with van der Waals surface area (Å²) in [5, 5.41) is 38.6. The summed E-state index contributed by atoms with van der Waals surface area (Å²) >= 11 is 0. The number of ether oxygens (including phenoxy) is 1. The molecule has 1 heterocycles. The standard InChI is InChI=1S/C28H51N3O8/c1-7-8-9-10-11-12-13-14-21-17(4)24(34)18(5)25(35)30-22(16(2)3)26(36)31-23(19(6)33)27(37)29-20(15-32)28(38)39-21/h16-24,32-34H,7-15H2,1-6H3,(H,29,37)(H,30,35)(H,31,36)/t17-,18+,19-,20-,21+,22-,23-,24+/m1/s1. The fraction of sp³-hybridized carbons (Fsp3) is 0.857. The normalized spacial score (nSPS) is 30.5. The smallest absolute Gasteiger partial charge is 0.331 e. The van der Waals surface area contributed by atoms with E-state index in [1.165, 1.54) is 20.3 Å². The number of hydrogen-bond acceptors (Lipinski definition) is 8. The molecule has 11 nitrogen and oxygen atoms in total. The first-order valence-corrected chi connectivity index (χ1v) is 14.4. The maximum absolute atomic E-state index is 13.1. The number of esters is 1.